The van der Waals surface area contributed by atoms with Gasteiger partial charge in [0, 0.05) is 17.6 Å². The van der Waals surface area contributed by atoms with Crippen LogP contribution in [0.5, 0.6) is 0 Å². The van der Waals surface area contributed by atoms with Crippen molar-refractivity contribution in [2.75, 3.05) is 7.11 Å². The van der Waals surface area contributed by atoms with Gasteiger partial charge in [0.15, 0.2) is 0 Å². The molecule has 5 heterocycles. The van der Waals surface area contributed by atoms with E-state index in [2.05, 4.69) is 13.2 Å². The van der Waals surface area contributed by atoms with Gasteiger partial charge in [-0.25, -0.2) is 15.0 Å². The van der Waals surface area contributed by atoms with Gasteiger partial charge in [-0.2, -0.15) is 0 Å². The van der Waals surface area contributed by atoms with Crippen LogP contribution in [0.2, 0.25) is 0 Å². The summed E-state index contributed by atoms with van der Waals surface area (Å²) in [5.41, 5.74) is 9.48. The number of aliphatic carboxylic acids is 1. The zero-order valence-electron chi connectivity index (χ0n) is 26.1. The molecule has 1 N–H and O–H groups in total. The molecule has 10 heteroatoms. The average molecular weight is 613 g/mol. The Morgan fingerprint density at radius 2 is 1.47 bits per heavy atom. The Morgan fingerprint density at radius 3 is 2.04 bits per heavy atom. The van der Waals surface area contributed by atoms with Crippen molar-refractivity contribution in [3.63, 3.8) is 0 Å². The summed E-state index contributed by atoms with van der Waals surface area (Å²) in [6, 6.07) is 0. The maximum Gasteiger partial charge on any atom is 2.00 e. The Hall–Kier alpha value is -4.54. The van der Waals surface area contributed by atoms with Gasteiger partial charge in [0.2, 0.25) is 0 Å². The third kappa shape index (κ3) is 6.20. The molecular weight excluding hydrogens is 581 g/mol. The molecule has 0 fully saturated rings. The second-order valence-electron chi connectivity index (χ2n) is 10.8. The van der Waals surface area contributed by atoms with E-state index < -0.39 is 24.1 Å². The third-order valence-electron chi connectivity index (χ3n) is 8.16. The standard InChI is InChI=1S/C35H34N4O5.Mg/c1-8-21-17(3)24-12-25-19(5)23(10-11-33(41)42)30(38-25)15-31-35(32(40)16-34(43)44-7)20(6)27(39-31)14-29-22(9-2)18(4)26(37-29)13-28(21)36-24;/h8-9,12-15H,1-2,10-11,16H2,3-7H3,(H3,36,37,38,39,40,41,42);/q;+2/p-2. The van der Waals surface area contributed by atoms with Crippen molar-refractivity contribution < 1.29 is 24.5 Å². The normalized spacial score (nSPS) is 18.2. The topological polar surface area (TPSA) is 138 Å². The van der Waals surface area contributed by atoms with E-state index in [9.17, 15) is 19.8 Å². The van der Waals surface area contributed by atoms with Crippen LogP contribution < -0.4 is 20.8 Å². The van der Waals surface area contributed by atoms with E-state index in [1.807, 2.05) is 32.9 Å². The summed E-state index contributed by atoms with van der Waals surface area (Å²) in [5, 5.41) is 24.0. The number of carboxylic acid groups (broad SMARTS) is 1. The van der Waals surface area contributed by atoms with Gasteiger partial charge in [0.25, 0.3) is 0 Å². The number of methoxy groups -OCH3 is 1. The molecule has 4 aliphatic rings. The first kappa shape index (κ1) is 33.4. The number of hydrogen-bond donors (Lipinski definition) is 1. The molecule has 1 aromatic rings. The Morgan fingerprint density at radius 1 is 0.889 bits per heavy atom. The summed E-state index contributed by atoms with van der Waals surface area (Å²) < 4.78 is 4.76. The van der Waals surface area contributed by atoms with Crippen molar-refractivity contribution in [1.29, 1.82) is 0 Å². The Balaban J connectivity index is 0.00000461. The Bertz CT molecular complexity index is 1990. The van der Waals surface area contributed by atoms with Crippen LogP contribution in [0.4, 0.5) is 0 Å². The molecule has 0 saturated carbocycles. The summed E-state index contributed by atoms with van der Waals surface area (Å²) in [5.74, 6) is -2.05. The number of esters is 1. The zero-order chi connectivity index (χ0) is 31.9. The predicted octanol–water partition coefficient (Wildman–Crippen LogP) is 2.75. The molecule has 4 aliphatic heterocycles. The fraction of sp³-hybridized carbons (Fsp3) is 0.229. The largest absolute Gasteiger partial charge is 2.00 e. The van der Waals surface area contributed by atoms with Crippen molar-refractivity contribution in [3.05, 3.63) is 116 Å². The van der Waals surface area contributed by atoms with E-state index in [-0.39, 0.29) is 41.5 Å². The van der Waals surface area contributed by atoms with Gasteiger partial charge >= 0.3 is 35.0 Å². The molecule has 9 nitrogen and oxygen atoms in total. The summed E-state index contributed by atoms with van der Waals surface area (Å²) in [6.45, 7) is 15.6. The fourth-order valence-corrected chi connectivity index (χ4v) is 5.66. The van der Waals surface area contributed by atoms with Crippen molar-refractivity contribution >= 4 is 64.3 Å². The van der Waals surface area contributed by atoms with Crippen LogP contribution in [0.15, 0.2) is 109 Å². The molecule has 0 amide bonds. The first-order chi connectivity index (χ1) is 21.0. The van der Waals surface area contributed by atoms with Crippen molar-refractivity contribution in [1.82, 2.24) is 4.98 Å². The van der Waals surface area contributed by atoms with Gasteiger partial charge in [-0.1, -0.05) is 48.6 Å². The number of carbonyl (C=O) groups is 2. The van der Waals surface area contributed by atoms with Gasteiger partial charge in [0.1, 0.15) is 0 Å². The number of carboxylic acids is 1. The quantitative estimate of drug-likeness (QED) is 0.286. The molecule has 0 unspecified atom stereocenters. The first-order valence-corrected chi connectivity index (χ1v) is 14.1. The van der Waals surface area contributed by atoms with E-state index in [0.29, 0.717) is 50.5 Å². The zero-order valence-corrected chi connectivity index (χ0v) is 27.5. The number of fused-ring (bicyclic) bond motifs is 5. The molecule has 45 heavy (non-hydrogen) atoms. The summed E-state index contributed by atoms with van der Waals surface area (Å²) in [4.78, 5) is 43.2. The summed E-state index contributed by atoms with van der Waals surface area (Å²) in [7, 11) is 1.23. The number of nitrogens with zero attached hydrogens (tertiary/aromatic N) is 4. The summed E-state index contributed by atoms with van der Waals surface area (Å²) >= 11 is 0. The molecular formula is C35H32MgN4O5. The maximum absolute atomic E-state index is 13.5. The second kappa shape index (κ2) is 13.2. The molecule has 224 valence electrons. The molecule has 0 spiro atoms. The molecule has 0 radical (unpaired) electrons. The molecule has 0 aliphatic carbocycles. The van der Waals surface area contributed by atoms with Gasteiger partial charge < -0.3 is 19.9 Å². The van der Waals surface area contributed by atoms with Crippen LogP contribution in [0, 0.1) is 6.92 Å². The first-order valence-electron chi connectivity index (χ1n) is 14.1. The number of ether oxygens (including phenoxy) is 1. The van der Waals surface area contributed by atoms with E-state index in [0.717, 1.165) is 33.4 Å². The SMILES string of the molecule is C=CC1=C(C)C2=NC1=CC1=C(C)/C(=C(/[O-])CC(=O)OC)C(=N1)C=c1[n-]c(c(C)c1CCC(=O)O)=CC1=NC(=C2)C(C=C)=C1C.[Mg+2]. The van der Waals surface area contributed by atoms with E-state index in [1.54, 1.807) is 31.2 Å². The minimum atomic E-state index is -0.937. The van der Waals surface area contributed by atoms with Crippen LogP contribution in [0.25, 0.3) is 12.2 Å². The fourth-order valence-electron chi connectivity index (χ4n) is 5.66. The van der Waals surface area contributed by atoms with Crippen LogP contribution in [0.1, 0.15) is 44.7 Å². The number of aliphatic imine (C=N–C) groups is 3. The Labute approximate surface area is 277 Å². The van der Waals surface area contributed by atoms with Crippen LogP contribution >= 0.6 is 0 Å². The van der Waals surface area contributed by atoms with Crippen LogP contribution in [-0.4, -0.2) is 64.3 Å². The molecule has 1 aromatic heterocycles. The van der Waals surface area contributed by atoms with Gasteiger partial charge in [-0.05, 0) is 68.6 Å². The second-order valence-corrected chi connectivity index (χ2v) is 10.8. The van der Waals surface area contributed by atoms with Gasteiger partial charge in [-0.15, -0.1) is 16.5 Å². The number of hydrogen-bond acceptors (Lipinski definition) is 7. The predicted molar refractivity (Wildman–Crippen MR) is 175 cm³/mol. The number of rotatable bonds is 7. The van der Waals surface area contributed by atoms with Crippen molar-refractivity contribution in [3.8, 4) is 0 Å². The smallest absolute Gasteiger partial charge is 0.875 e. The minimum absolute atomic E-state index is 0. The van der Waals surface area contributed by atoms with Crippen molar-refractivity contribution in [2.24, 2.45) is 15.0 Å². The maximum atomic E-state index is 13.5. The molecule has 5 rings (SSSR count). The van der Waals surface area contributed by atoms with Gasteiger partial charge in [-0.3, -0.25) is 9.59 Å². The van der Waals surface area contributed by atoms with E-state index >= 15 is 0 Å². The van der Waals surface area contributed by atoms with Crippen LogP contribution in [-0.2, 0) is 20.7 Å². The molecule has 0 saturated heterocycles. The number of carbonyl (C=O) groups excluding carboxylic acids is 1. The molecule has 0 aromatic carbocycles. The third-order valence-corrected chi connectivity index (χ3v) is 8.16. The van der Waals surface area contributed by atoms with Crippen molar-refractivity contribution in [2.45, 2.75) is 47.0 Å². The Kier molecular flexibility index (Phi) is 9.79. The van der Waals surface area contributed by atoms with E-state index in [4.69, 9.17) is 24.7 Å². The molecule has 0 atom stereocenters. The number of aromatic nitrogens is 1. The van der Waals surface area contributed by atoms with Gasteiger partial charge in [0.05, 0.1) is 47.8 Å². The molecule has 8 bridgehead atoms. The van der Waals surface area contributed by atoms with Crippen LogP contribution in [0.3, 0.4) is 0 Å². The van der Waals surface area contributed by atoms with E-state index in [1.165, 1.54) is 7.11 Å². The average Bonchev–Trinajstić information content (AvgIpc) is 3.64. The minimum Gasteiger partial charge on any atom is -0.875 e. The number of allylic oxidation sites excluding steroid dienone is 8. The summed E-state index contributed by atoms with van der Waals surface area (Å²) in [6.07, 6.45) is 10.4. The monoisotopic (exact) mass is 612 g/mol.